The lowest BCUT2D eigenvalue weighted by atomic mass is 9.75. The molecule has 0 spiro atoms. The number of nitrogens with zero attached hydrogens (tertiary/aromatic N) is 7. The van der Waals surface area contributed by atoms with Gasteiger partial charge in [0.1, 0.15) is 12.6 Å². The summed E-state index contributed by atoms with van der Waals surface area (Å²) in [5.74, 6) is -0.527. The van der Waals surface area contributed by atoms with Crippen LogP contribution in [0.4, 0.5) is 5.69 Å². The first kappa shape index (κ1) is 31.1. The number of carbonyl (C=O) groups is 3. The number of fused-ring (bicyclic) bond motifs is 4. The maximum absolute atomic E-state index is 14.7. The van der Waals surface area contributed by atoms with Crippen molar-refractivity contribution in [1.29, 1.82) is 0 Å². The van der Waals surface area contributed by atoms with Gasteiger partial charge in [-0.05, 0) is 29.8 Å². The molecule has 7 rings (SSSR count). The van der Waals surface area contributed by atoms with E-state index >= 15 is 0 Å². The third-order valence-corrected chi connectivity index (χ3v) is 10.4. The molecule has 0 radical (unpaired) electrons. The number of aryl methyl sites for hydroxylation is 1. The third kappa shape index (κ3) is 4.34. The summed E-state index contributed by atoms with van der Waals surface area (Å²) in [7, 11) is -1.26. The standard InChI is InChI=1S/C32H27N7O8S/c1-36-18-21(16-34-36)28-25(19-8-9-23-20(14-19)15-35-39(23)32(43,44)45)26-27-24(37(2)30(42)31(27,10-12-40)11-13-41)17-33-29(26)38(28)48(46,47)22-6-4-3-5-7-22/h3-9,12-18,43-45H,10-11H2,1-2H3. The van der Waals surface area contributed by atoms with Gasteiger partial charge in [-0.15, -0.1) is 0 Å². The highest BCUT2D eigenvalue weighted by Crippen LogP contribution is 2.53. The van der Waals surface area contributed by atoms with Crippen molar-refractivity contribution in [3.8, 4) is 22.4 Å². The zero-order valence-corrected chi connectivity index (χ0v) is 26.2. The monoisotopic (exact) mass is 669 g/mol. The number of anilines is 1. The Morgan fingerprint density at radius 2 is 1.62 bits per heavy atom. The fourth-order valence-corrected chi connectivity index (χ4v) is 8.19. The first-order valence-corrected chi connectivity index (χ1v) is 16.0. The van der Waals surface area contributed by atoms with Gasteiger partial charge in [0, 0.05) is 60.6 Å². The number of pyridine rings is 1. The number of carbonyl (C=O) groups excluding carboxylic acids is 3. The van der Waals surface area contributed by atoms with E-state index in [1.165, 1.54) is 53.4 Å². The molecule has 2 aromatic carbocycles. The second kappa shape index (κ2) is 10.7. The number of rotatable bonds is 9. The van der Waals surface area contributed by atoms with Gasteiger partial charge in [-0.1, -0.05) is 24.3 Å². The number of likely N-dealkylation sites (N-methyl/N-ethyl adjacent to an activating group) is 1. The molecule has 0 atom stereocenters. The fraction of sp³-hybridized carbons (Fsp3) is 0.188. The molecule has 15 nitrogen and oxygen atoms in total. The topological polar surface area (TPSA) is 203 Å². The van der Waals surface area contributed by atoms with E-state index in [4.69, 9.17) is 0 Å². The smallest absolute Gasteiger partial charge is 0.324 e. The van der Waals surface area contributed by atoms with E-state index in [9.17, 15) is 38.1 Å². The molecule has 0 bridgehead atoms. The van der Waals surface area contributed by atoms with Crippen LogP contribution in [-0.2, 0) is 43.0 Å². The van der Waals surface area contributed by atoms with Crippen LogP contribution >= 0.6 is 0 Å². The van der Waals surface area contributed by atoms with Crippen LogP contribution in [0.3, 0.4) is 0 Å². The summed E-state index contributed by atoms with van der Waals surface area (Å²) in [4.78, 5) is 44.2. The van der Waals surface area contributed by atoms with Crippen molar-refractivity contribution in [3.63, 3.8) is 0 Å². The van der Waals surface area contributed by atoms with Crippen molar-refractivity contribution in [2.24, 2.45) is 7.05 Å². The zero-order valence-electron chi connectivity index (χ0n) is 25.4. The van der Waals surface area contributed by atoms with Crippen molar-refractivity contribution in [2.45, 2.75) is 29.2 Å². The van der Waals surface area contributed by atoms with Crippen LogP contribution in [0.5, 0.6) is 0 Å². The van der Waals surface area contributed by atoms with E-state index in [1.807, 2.05) is 0 Å². The summed E-state index contributed by atoms with van der Waals surface area (Å²) in [5.41, 5.74) is 0.113. The Morgan fingerprint density at radius 1 is 0.917 bits per heavy atom. The Labute approximate surface area is 271 Å². The van der Waals surface area contributed by atoms with Crippen LogP contribution in [-0.4, -0.2) is 77.8 Å². The maximum atomic E-state index is 14.7. The molecule has 0 aliphatic carbocycles. The zero-order chi connectivity index (χ0) is 34.2. The molecule has 6 aromatic rings. The number of hydrogen-bond donors (Lipinski definition) is 3. The summed E-state index contributed by atoms with van der Waals surface area (Å²) < 4.78 is 32.5. The Hall–Kier alpha value is -5.55. The Bertz CT molecular complexity index is 2400. The molecule has 4 aromatic heterocycles. The highest BCUT2D eigenvalue weighted by Gasteiger charge is 2.52. The minimum absolute atomic E-state index is 0.0527. The molecular formula is C32H27N7O8S. The van der Waals surface area contributed by atoms with E-state index in [-0.39, 0.29) is 51.1 Å². The quantitative estimate of drug-likeness (QED) is 0.149. The molecule has 0 unspecified atom stereocenters. The SMILES string of the molecule is CN1C(=O)C(CC=O)(CC=O)c2c1cnc1c2c(-c2ccc3c(cnn3C(O)(O)O)c2)c(-c2cnn(C)c2)n1S(=O)(=O)c1ccccc1. The molecule has 0 saturated carbocycles. The predicted octanol–water partition coefficient (Wildman–Crippen LogP) is 1.63. The van der Waals surface area contributed by atoms with E-state index in [0.717, 1.165) is 3.97 Å². The molecule has 1 amide bonds. The number of hydrogen-bond acceptors (Lipinski definition) is 11. The van der Waals surface area contributed by atoms with Crippen LogP contribution in [0.1, 0.15) is 18.4 Å². The lowest BCUT2D eigenvalue weighted by Gasteiger charge is -2.24. The Morgan fingerprint density at radius 3 is 2.25 bits per heavy atom. The summed E-state index contributed by atoms with van der Waals surface area (Å²) in [6, 6.07) is 12.3. The van der Waals surface area contributed by atoms with Crippen LogP contribution in [0, 0.1) is 0 Å². The first-order chi connectivity index (χ1) is 22.8. The average Bonchev–Trinajstić information content (AvgIpc) is 3.81. The Kier molecular flexibility index (Phi) is 6.95. The van der Waals surface area contributed by atoms with Crippen molar-refractivity contribution in [2.75, 3.05) is 11.9 Å². The normalized spacial score (nSPS) is 14.6. The van der Waals surface area contributed by atoms with Crippen molar-refractivity contribution >= 4 is 56.1 Å². The van der Waals surface area contributed by atoms with Crippen molar-refractivity contribution in [1.82, 2.24) is 28.5 Å². The van der Waals surface area contributed by atoms with Crippen molar-refractivity contribution < 1.29 is 38.1 Å². The highest BCUT2D eigenvalue weighted by molar-refractivity contribution is 7.90. The van der Waals surface area contributed by atoms with Gasteiger partial charge in [-0.2, -0.15) is 14.9 Å². The molecular weight excluding hydrogens is 642 g/mol. The van der Waals surface area contributed by atoms with Gasteiger partial charge < -0.3 is 29.8 Å². The van der Waals surface area contributed by atoms with Crippen LogP contribution in [0.2, 0.25) is 0 Å². The van der Waals surface area contributed by atoms with Gasteiger partial charge in [0.05, 0.1) is 45.8 Å². The summed E-state index contributed by atoms with van der Waals surface area (Å²) in [6.45, 7) is 0. The fourth-order valence-electron chi connectivity index (χ4n) is 6.68. The number of aliphatic hydroxyl groups is 3. The molecule has 16 heteroatoms. The second-order valence-corrected chi connectivity index (χ2v) is 13.3. The lowest BCUT2D eigenvalue weighted by molar-refractivity contribution is -0.378. The van der Waals surface area contributed by atoms with Gasteiger partial charge in [-0.25, -0.2) is 17.4 Å². The van der Waals surface area contributed by atoms with Gasteiger partial charge in [-0.3, -0.25) is 9.48 Å². The molecule has 1 aliphatic heterocycles. The maximum Gasteiger partial charge on any atom is 0.389 e. The number of benzene rings is 2. The van der Waals surface area contributed by atoms with Gasteiger partial charge in [0.25, 0.3) is 10.0 Å². The van der Waals surface area contributed by atoms with Gasteiger partial charge in [0.15, 0.2) is 5.65 Å². The third-order valence-electron chi connectivity index (χ3n) is 8.74. The lowest BCUT2D eigenvalue weighted by Crippen LogP contribution is -2.39. The average molecular weight is 670 g/mol. The number of amides is 1. The van der Waals surface area contributed by atoms with Crippen LogP contribution in [0.25, 0.3) is 44.3 Å². The van der Waals surface area contributed by atoms with Crippen LogP contribution in [0.15, 0.2) is 78.2 Å². The number of aromatic nitrogens is 6. The second-order valence-electron chi connectivity index (χ2n) is 11.5. The van der Waals surface area contributed by atoms with Crippen molar-refractivity contribution in [3.05, 3.63) is 78.9 Å². The van der Waals surface area contributed by atoms with Gasteiger partial charge >= 0.3 is 6.10 Å². The minimum Gasteiger partial charge on any atom is -0.324 e. The van der Waals surface area contributed by atoms with E-state index in [1.54, 1.807) is 43.6 Å². The molecule has 244 valence electrons. The largest absolute Gasteiger partial charge is 0.389 e. The molecule has 0 saturated heterocycles. The first-order valence-electron chi connectivity index (χ1n) is 14.5. The summed E-state index contributed by atoms with van der Waals surface area (Å²) in [6.07, 6.45) is 2.81. The molecule has 3 N–H and O–H groups in total. The van der Waals surface area contributed by atoms with E-state index in [2.05, 4.69) is 15.2 Å². The molecule has 1 aliphatic rings. The van der Waals surface area contributed by atoms with E-state index < -0.39 is 27.4 Å². The van der Waals surface area contributed by atoms with Gasteiger partial charge in [0.2, 0.25) is 5.91 Å². The summed E-state index contributed by atoms with van der Waals surface area (Å²) in [5, 5.41) is 38.3. The summed E-state index contributed by atoms with van der Waals surface area (Å²) >= 11 is 0. The number of aldehydes is 2. The van der Waals surface area contributed by atoms with Crippen LogP contribution < -0.4 is 4.90 Å². The highest BCUT2D eigenvalue weighted by atomic mass is 32.2. The molecule has 48 heavy (non-hydrogen) atoms. The minimum atomic E-state index is -4.42. The molecule has 0 fully saturated rings. The Balaban J connectivity index is 1.72. The molecule has 5 heterocycles. The van der Waals surface area contributed by atoms with E-state index in [0.29, 0.717) is 39.5 Å². The predicted molar refractivity (Wildman–Crippen MR) is 171 cm³/mol.